The van der Waals surface area contributed by atoms with Gasteiger partial charge in [-0.05, 0) is 0 Å². The fourth-order valence-electron chi connectivity index (χ4n) is 0. The monoisotopic (exact) mass is 288 g/mol. The van der Waals surface area contributed by atoms with Gasteiger partial charge in [0, 0.05) is 0 Å². The van der Waals surface area contributed by atoms with Crippen LogP contribution in [0, 0.1) is 0 Å². The van der Waals surface area contributed by atoms with E-state index in [1.165, 1.54) is 0 Å². The molecular weight excluding hydrogens is 274 g/mol. The van der Waals surface area contributed by atoms with E-state index in [1.54, 1.807) is 0 Å². The van der Waals surface area contributed by atoms with Gasteiger partial charge >= 0.3 is 85.4 Å². The Morgan fingerprint density at radius 3 is 0.538 bits per heavy atom. The second kappa shape index (κ2) is 13.0. The third kappa shape index (κ3) is 294. The summed E-state index contributed by atoms with van der Waals surface area (Å²) in [7, 11) is -9.22. The molecule has 0 saturated heterocycles. The maximum atomic E-state index is 7.33. The molecular formula is H14AlCaNaO8Si2. The molecule has 0 fully saturated rings. The zero-order chi connectivity index (χ0) is 9.00. The topological polar surface area (TPSA) is 162 Å². The fourth-order valence-corrected chi connectivity index (χ4v) is 0. The maximum absolute atomic E-state index is 7.33. The van der Waals surface area contributed by atoms with E-state index in [-0.39, 0.29) is 84.7 Å². The van der Waals surface area contributed by atoms with Crippen molar-refractivity contribution in [3.63, 3.8) is 0 Å². The molecule has 76 valence electrons. The summed E-state index contributed by atoms with van der Waals surface area (Å²) in [5.74, 6) is 0. The first-order valence-corrected chi connectivity index (χ1v) is 5.37. The van der Waals surface area contributed by atoms with Crippen molar-refractivity contribution in [1.29, 1.82) is 0 Å². The van der Waals surface area contributed by atoms with Gasteiger partial charge in [0.1, 0.15) is 0 Å². The molecule has 0 aromatic rings. The van der Waals surface area contributed by atoms with Crippen LogP contribution in [0.15, 0.2) is 0 Å². The van der Waals surface area contributed by atoms with Gasteiger partial charge in [-0.1, -0.05) is 0 Å². The van der Waals surface area contributed by atoms with Crippen LogP contribution in [0.4, 0.5) is 0 Å². The molecule has 0 bridgehead atoms. The molecule has 0 aromatic carbocycles. The van der Waals surface area contributed by atoms with Gasteiger partial charge < -0.3 is 38.4 Å². The van der Waals surface area contributed by atoms with E-state index in [9.17, 15) is 0 Å². The van der Waals surface area contributed by atoms with Crippen LogP contribution < -0.4 is 0 Å². The normalized spacial score (nSPS) is 9.23. The van der Waals surface area contributed by atoms with Gasteiger partial charge in [0.05, 0.1) is 0 Å². The molecule has 0 aliphatic rings. The van der Waals surface area contributed by atoms with Crippen LogP contribution in [0.2, 0.25) is 0 Å². The van der Waals surface area contributed by atoms with Gasteiger partial charge in [-0.3, -0.25) is 0 Å². The molecule has 0 atom stereocenters. The van der Waals surface area contributed by atoms with Crippen molar-refractivity contribution in [3.05, 3.63) is 0 Å². The Morgan fingerprint density at radius 2 is 0.538 bits per heavy atom. The van der Waals surface area contributed by atoms with Crippen molar-refractivity contribution in [1.82, 2.24) is 0 Å². The summed E-state index contributed by atoms with van der Waals surface area (Å²) in [5.41, 5.74) is 0. The second-order valence-corrected chi connectivity index (χ2v) is 3.60. The molecule has 0 amide bonds. The molecule has 0 heterocycles. The average molecular weight is 288 g/mol. The molecule has 0 aliphatic carbocycles. The van der Waals surface area contributed by atoms with Crippen LogP contribution in [0.5, 0.6) is 0 Å². The van der Waals surface area contributed by atoms with Gasteiger partial charge in [-0.2, -0.15) is 0 Å². The first-order valence-electron chi connectivity index (χ1n) is 1.79. The van der Waals surface area contributed by atoms with Crippen LogP contribution >= 0.6 is 0 Å². The van der Waals surface area contributed by atoms with Gasteiger partial charge in [-0.15, -0.1) is 0 Å². The van der Waals surface area contributed by atoms with Crippen LogP contribution in [-0.2, 0) is 0 Å². The first-order chi connectivity index (χ1) is 4.00. The molecule has 0 rings (SSSR count). The molecule has 0 aromatic heterocycles. The van der Waals surface area contributed by atoms with Crippen molar-refractivity contribution >= 4 is 103 Å². The third-order valence-electron chi connectivity index (χ3n) is 0. The van der Waals surface area contributed by atoms with E-state index in [1.807, 2.05) is 0 Å². The molecule has 0 radical (unpaired) electrons. The summed E-state index contributed by atoms with van der Waals surface area (Å²) < 4.78 is 0. The van der Waals surface area contributed by atoms with Gasteiger partial charge in [0.25, 0.3) is 0 Å². The summed E-state index contributed by atoms with van der Waals surface area (Å²) in [5, 5.41) is 0. The Bertz CT molecular complexity index is 65.1. The predicted octanol–water partition coefficient (Wildman–Crippen LogP) is -7.97. The fraction of sp³-hybridized carbons (Fsp3) is 0. The molecule has 8 nitrogen and oxygen atoms in total. The zero-order valence-electron chi connectivity index (χ0n) is 4.58. The second-order valence-electron chi connectivity index (χ2n) is 1.20. The Balaban J connectivity index is -0.0000000267. The van der Waals surface area contributed by atoms with Crippen molar-refractivity contribution < 1.29 is 38.4 Å². The van der Waals surface area contributed by atoms with Crippen molar-refractivity contribution in [2.75, 3.05) is 0 Å². The summed E-state index contributed by atoms with van der Waals surface area (Å²) in [6.45, 7) is 0. The van der Waals surface area contributed by atoms with Crippen LogP contribution in [0.1, 0.15) is 0 Å². The quantitative estimate of drug-likeness (QED) is 0.204. The van der Waals surface area contributed by atoms with Gasteiger partial charge in [0.15, 0.2) is 17.4 Å². The van der Waals surface area contributed by atoms with E-state index in [4.69, 9.17) is 38.4 Å². The van der Waals surface area contributed by atoms with E-state index in [0.717, 1.165) is 0 Å². The average Bonchev–Trinajstić information content (AvgIpc) is 1.12. The predicted molar refractivity (Wildman–Crippen MR) is 54.9 cm³/mol. The Kier molecular flexibility index (Phi) is 29.7. The third-order valence-corrected chi connectivity index (χ3v) is 0. The Labute approximate surface area is 139 Å². The summed E-state index contributed by atoms with van der Waals surface area (Å²) in [4.78, 5) is 58.6. The van der Waals surface area contributed by atoms with E-state index in [2.05, 4.69) is 0 Å². The molecule has 13 heteroatoms. The number of hydrogen-bond donors (Lipinski definition) is 8. The summed E-state index contributed by atoms with van der Waals surface area (Å²) in [6.07, 6.45) is 0. The van der Waals surface area contributed by atoms with E-state index < -0.39 is 18.1 Å². The SMILES string of the molecule is O[Si](O)(O)O.O[Si](O)(O)O.[AlH3].[CaH2].[NaH]. The molecule has 8 N–H and O–H groups in total. The number of hydrogen-bond acceptors (Lipinski definition) is 8. The van der Waals surface area contributed by atoms with E-state index >= 15 is 0 Å². The van der Waals surface area contributed by atoms with Crippen molar-refractivity contribution in [2.24, 2.45) is 0 Å². The molecule has 0 spiro atoms. The number of rotatable bonds is 0. The van der Waals surface area contributed by atoms with Crippen molar-refractivity contribution in [3.8, 4) is 0 Å². The molecule has 0 saturated carbocycles. The minimum absolute atomic E-state index is 0. The molecule has 13 heavy (non-hydrogen) atoms. The molecule has 0 aliphatic heterocycles. The van der Waals surface area contributed by atoms with Gasteiger partial charge in [0.2, 0.25) is 0 Å². The van der Waals surface area contributed by atoms with Crippen LogP contribution in [0.3, 0.4) is 0 Å². The summed E-state index contributed by atoms with van der Waals surface area (Å²) in [6, 6.07) is 0. The van der Waals surface area contributed by atoms with Crippen LogP contribution in [-0.4, -0.2) is 141 Å². The Morgan fingerprint density at radius 1 is 0.538 bits per heavy atom. The molecule has 0 unspecified atom stereocenters. The standard InChI is InChI=1S/Al.Ca.Na.2H4O4Si.6H/c;;;2*1-5(2,3)4;;;;;;/h;;;2*1-4H;;;;;;. The van der Waals surface area contributed by atoms with E-state index in [0.29, 0.717) is 0 Å². The minimum atomic E-state index is -4.61. The Hall–Kier alpha value is 2.91. The first kappa shape index (κ1) is 29.7. The summed E-state index contributed by atoms with van der Waals surface area (Å²) >= 11 is 0. The van der Waals surface area contributed by atoms with Crippen LogP contribution in [0.25, 0.3) is 0 Å². The van der Waals surface area contributed by atoms with Crippen molar-refractivity contribution in [2.45, 2.75) is 0 Å². The zero-order valence-corrected chi connectivity index (χ0v) is 6.58. The van der Waals surface area contributed by atoms with Gasteiger partial charge in [-0.25, -0.2) is 0 Å².